The molecular weight excluding hydrogens is 482 g/mol. The summed E-state index contributed by atoms with van der Waals surface area (Å²) in [4.78, 5) is 14.1. The summed E-state index contributed by atoms with van der Waals surface area (Å²) in [6.07, 6.45) is 1.67. The molecule has 0 amide bonds. The van der Waals surface area contributed by atoms with Gasteiger partial charge in [-0.3, -0.25) is 4.98 Å². The lowest BCUT2D eigenvalue weighted by Gasteiger charge is -2.09. The largest absolute Gasteiger partial charge is 0.492 e. The maximum Gasteiger partial charge on any atom is 0.230 e. The molecule has 0 bridgehead atoms. The molecule has 0 unspecified atom stereocenters. The number of rotatable bonds is 6. The third-order valence-corrected chi connectivity index (χ3v) is 6.61. The zero-order chi connectivity index (χ0) is 24.4. The maximum atomic E-state index is 9.92. The van der Waals surface area contributed by atoms with Gasteiger partial charge in [0.25, 0.3) is 0 Å². The van der Waals surface area contributed by atoms with Gasteiger partial charge in [0.2, 0.25) is 5.55 Å². The highest BCUT2D eigenvalue weighted by Crippen LogP contribution is 2.32. The number of ether oxygens (including phenoxy) is 1. The minimum absolute atomic E-state index is 0.156. The van der Waals surface area contributed by atoms with Crippen LogP contribution in [0.3, 0.4) is 0 Å². The van der Waals surface area contributed by atoms with Crippen LogP contribution in [0.15, 0.2) is 75.6 Å². The first-order valence-corrected chi connectivity index (χ1v) is 12.3. The van der Waals surface area contributed by atoms with Gasteiger partial charge in [0.1, 0.15) is 16.4 Å². The van der Waals surface area contributed by atoms with Crippen LogP contribution >= 0.6 is 22.9 Å². The molecule has 3 aromatic heterocycles. The van der Waals surface area contributed by atoms with Crippen LogP contribution < -0.4 is 10.3 Å². The topological polar surface area (TPSA) is 80.7 Å². The monoisotopic (exact) mass is 503 g/mol. The van der Waals surface area contributed by atoms with Crippen molar-refractivity contribution in [2.24, 2.45) is 4.99 Å². The number of hydrogen-bond donors (Lipinski definition) is 1. The number of hydrogen-bond acceptors (Lipinski definition) is 7. The molecule has 5 aromatic rings. The standard InChI is InChI=1S/C27H22ClN3O3S/c1-3-33-24-7-5-4-6-22(24)30-26-21(12-20-18(14-32)13-29-16(2)25(20)34-26)27-31-23(15-35-27)17-8-10-19(28)11-9-17/h4-13,15,32H,3,14H2,1-2H3. The van der Waals surface area contributed by atoms with Crippen LogP contribution in [0.1, 0.15) is 18.2 Å². The smallest absolute Gasteiger partial charge is 0.230 e. The second kappa shape index (κ2) is 10.00. The molecule has 176 valence electrons. The molecule has 0 radical (unpaired) electrons. The van der Waals surface area contributed by atoms with E-state index in [1.807, 2.05) is 73.8 Å². The Morgan fingerprint density at radius 3 is 2.71 bits per heavy atom. The first kappa shape index (κ1) is 23.2. The van der Waals surface area contributed by atoms with Gasteiger partial charge < -0.3 is 14.3 Å². The zero-order valence-electron chi connectivity index (χ0n) is 19.2. The summed E-state index contributed by atoms with van der Waals surface area (Å²) in [5.41, 5.74) is 5.50. The lowest BCUT2D eigenvalue weighted by Crippen LogP contribution is -2.07. The van der Waals surface area contributed by atoms with Crippen molar-refractivity contribution >= 4 is 39.6 Å². The molecule has 3 heterocycles. The quantitative estimate of drug-likeness (QED) is 0.279. The molecule has 0 aliphatic rings. The summed E-state index contributed by atoms with van der Waals surface area (Å²) in [5, 5.41) is 14.1. The van der Waals surface area contributed by atoms with Crippen molar-refractivity contribution in [3.05, 3.63) is 88.0 Å². The highest BCUT2D eigenvalue weighted by molar-refractivity contribution is 7.13. The van der Waals surface area contributed by atoms with E-state index < -0.39 is 0 Å². The predicted octanol–water partition coefficient (Wildman–Crippen LogP) is 6.70. The van der Waals surface area contributed by atoms with Crippen molar-refractivity contribution in [1.29, 1.82) is 0 Å². The van der Waals surface area contributed by atoms with Gasteiger partial charge in [0.15, 0.2) is 5.58 Å². The third kappa shape index (κ3) is 4.71. The van der Waals surface area contributed by atoms with E-state index in [1.165, 1.54) is 11.3 Å². The first-order chi connectivity index (χ1) is 17.1. The Bertz CT molecular complexity index is 1580. The number of aliphatic hydroxyl groups excluding tert-OH is 1. The molecule has 35 heavy (non-hydrogen) atoms. The molecule has 0 aliphatic carbocycles. The number of para-hydroxylation sites is 2. The molecule has 0 spiro atoms. The number of fused-ring (bicyclic) bond motifs is 1. The average Bonchev–Trinajstić information content (AvgIpc) is 3.36. The Labute approximate surface area is 211 Å². The molecule has 0 fully saturated rings. The summed E-state index contributed by atoms with van der Waals surface area (Å²) in [6.45, 7) is 4.17. The summed E-state index contributed by atoms with van der Waals surface area (Å²) >= 11 is 7.55. The molecule has 0 saturated heterocycles. The Hall–Kier alpha value is -3.52. The van der Waals surface area contributed by atoms with Crippen molar-refractivity contribution in [1.82, 2.24) is 9.97 Å². The number of aryl methyl sites for hydroxylation is 1. The fraction of sp³-hybridized carbons (Fsp3) is 0.148. The van der Waals surface area contributed by atoms with E-state index >= 15 is 0 Å². The number of aliphatic hydroxyl groups is 1. The van der Waals surface area contributed by atoms with E-state index in [4.69, 9.17) is 30.7 Å². The Morgan fingerprint density at radius 2 is 1.94 bits per heavy atom. The molecular formula is C27H22ClN3O3S. The van der Waals surface area contributed by atoms with Crippen molar-refractivity contribution in [3.63, 3.8) is 0 Å². The van der Waals surface area contributed by atoms with Crippen LogP contribution in [0.2, 0.25) is 5.02 Å². The maximum absolute atomic E-state index is 9.92. The molecule has 5 rings (SSSR count). The molecule has 2 aromatic carbocycles. The van der Waals surface area contributed by atoms with Crippen LogP contribution in [0.4, 0.5) is 5.69 Å². The van der Waals surface area contributed by atoms with Crippen molar-refractivity contribution < 1.29 is 14.3 Å². The molecule has 8 heteroatoms. The third-order valence-electron chi connectivity index (χ3n) is 5.48. The van der Waals surface area contributed by atoms with Crippen LogP contribution in [0.5, 0.6) is 5.75 Å². The number of halogens is 1. The van der Waals surface area contributed by atoms with Crippen LogP contribution in [0.25, 0.3) is 32.8 Å². The number of nitrogens with zero attached hydrogens (tertiary/aromatic N) is 3. The second-order valence-corrected chi connectivity index (χ2v) is 9.09. The Kier molecular flexibility index (Phi) is 6.63. The first-order valence-electron chi connectivity index (χ1n) is 11.1. The second-order valence-electron chi connectivity index (χ2n) is 7.79. The van der Waals surface area contributed by atoms with Gasteiger partial charge in [0.05, 0.1) is 30.2 Å². The lowest BCUT2D eigenvalue weighted by molar-refractivity contribution is 0.282. The van der Waals surface area contributed by atoms with Crippen molar-refractivity contribution in [2.75, 3.05) is 6.61 Å². The molecule has 0 aliphatic heterocycles. The van der Waals surface area contributed by atoms with E-state index in [0.29, 0.717) is 51.0 Å². The average molecular weight is 504 g/mol. The molecule has 0 saturated carbocycles. The van der Waals surface area contributed by atoms with Crippen LogP contribution in [0, 0.1) is 6.92 Å². The highest BCUT2D eigenvalue weighted by atomic mass is 35.5. The van der Waals surface area contributed by atoms with Gasteiger partial charge in [-0.2, -0.15) is 0 Å². The van der Waals surface area contributed by atoms with Crippen LogP contribution in [-0.4, -0.2) is 21.7 Å². The van der Waals surface area contributed by atoms with Gasteiger partial charge in [-0.15, -0.1) is 11.3 Å². The lowest BCUT2D eigenvalue weighted by atomic mass is 10.1. The summed E-state index contributed by atoms with van der Waals surface area (Å²) in [7, 11) is 0. The van der Waals surface area contributed by atoms with E-state index in [2.05, 4.69) is 4.98 Å². The number of benzene rings is 2. The van der Waals surface area contributed by atoms with Gasteiger partial charge in [-0.25, -0.2) is 9.98 Å². The van der Waals surface area contributed by atoms with Crippen molar-refractivity contribution in [2.45, 2.75) is 20.5 Å². The van der Waals surface area contributed by atoms with E-state index in [-0.39, 0.29) is 6.61 Å². The van der Waals surface area contributed by atoms with Crippen molar-refractivity contribution in [3.8, 4) is 27.6 Å². The summed E-state index contributed by atoms with van der Waals surface area (Å²) < 4.78 is 12.1. The summed E-state index contributed by atoms with van der Waals surface area (Å²) in [6, 6.07) is 17.1. The van der Waals surface area contributed by atoms with E-state index in [9.17, 15) is 5.11 Å². The number of pyridine rings is 1. The minimum Gasteiger partial charge on any atom is -0.492 e. The van der Waals surface area contributed by atoms with Gasteiger partial charge in [0, 0.05) is 33.1 Å². The number of thiazole rings is 1. The highest BCUT2D eigenvalue weighted by Gasteiger charge is 2.16. The van der Waals surface area contributed by atoms with E-state index in [1.54, 1.807) is 6.20 Å². The van der Waals surface area contributed by atoms with E-state index in [0.717, 1.165) is 21.7 Å². The molecule has 0 atom stereocenters. The van der Waals surface area contributed by atoms with Gasteiger partial charge in [-0.1, -0.05) is 35.9 Å². The molecule has 6 nitrogen and oxygen atoms in total. The Morgan fingerprint density at radius 1 is 1.14 bits per heavy atom. The summed E-state index contributed by atoms with van der Waals surface area (Å²) in [5.74, 6) is 0.663. The van der Waals surface area contributed by atoms with Gasteiger partial charge >= 0.3 is 0 Å². The Balaban J connectivity index is 1.76. The normalized spacial score (nSPS) is 11.8. The SMILES string of the molecule is CCOc1ccccc1N=c1oc2c(C)ncc(CO)c2cc1-c1nc(-c2ccc(Cl)cc2)cs1. The fourth-order valence-electron chi connectivity index (χ4n) is 3.74. The fourth-order valence-corrected chi connectivity index (χ4v) is 4.70. The molecule has 1 N–H and O–H groups in total. The van der Waals surface area contributed by atoms with Gasteiger partial charge in [-0.05, 0) is 44.2 Å². The predicted molar refractivity (Wildman–Crippen MR) is 139 cm³/mol. The minimum atomic E-state index is -0.156. The van der Waals surface area contributed by atoms with Crippen LogP contribution in [-0.2, 0) is 6.61 Å². The zero-order valence-corrected chi connectivity index (χ0v) is 20.7. The number of aromatic nitrogens is 2.